The first-order valence-electron chi connectivity index (χ1n) is 9.12. The first kappa shape index (κ1) is 20.2. The Labute approximate surface area is 177 Å². The van der Waals surface area contributed by atoms with Crippen molar-refractivity contribution < 1.29 is 12.9 Å². The van der Waals surface area contributed by atoms with Crippen LogP contribution in [0, 0.1) is 0 Å². The third kappa shape index (κ3) is 4.89. The number of tetrazole rings is 1. The Morgan fingerprint density at radius 2 is 1.80 bits per heavy atom. The van der Waals surface area contributed by atoms with Crippen molar-refractivity contribution in [1.29, 1.82) is 0 Å². The lowest BCUT2D eigenvalue weighted by Crippen LogP contribution is -2.12. The summed E-state index contributed by atoms with van der Waals surface area (Å²) >= 11 is 5.86. The number of aryl methyl sites for hydroxylation is 1. The fourth-order valence-electron chi connectivity index (χ4n) is 2.87. The Morgan fingerprint density at radius 3 is 2.57 bits per heavy atom. The van der Waals surface area contributed by atoms with Crippen molar-refractivity contribution >= 4 is 21.4 Å². The zero-order valence-corrected chi connectivity index (χ0v) is 17.3. The van der Waals surface area contributed by atoms with E-state index < -0.39 is 9.84 Å². The van der Waals surface area contributed by atoms with Gasteiger partial charge in [0.05, 0.1) is 11.4 Å². The van der Waals surface area contributed by atoms with E-state index in [1.807, 2.05) is 30.3 Å². The van der Waals surface area contributed by atoms with Gasteiger partial charge in [0.1, 0.15) is 5.75 Å². The van der Waals surface area contributed by atoms with Crippen LogP contribution in [-0.4, -0.2) is 44.5 Å². The second-order valence-electron chi connectivity index (χ2n) is 6.56. The van der Waals surface area contributed by atoms with E-state index in [1.165, 1.54) is 0 Å². The van der Waals surface area contributed by atoms with E-state index in [0.717, 1.165) is 5.69 Å². The normalized spacial score (nSPS) is 11.6. The predicted octanol–water partition coefficient (Wildman–Crippen LogP) is 2.91. The average Bonchev–Trinajstić information content (AvgIpc) is 3.38. The van der Waals surface area contributed by atoms with E-state index in [0.29, 0.717) is 29.3 Å². The molecule has 0 atom stereocenters. The van der Waals surface area contributed by atoms with E-state index in [1.54, 1.807) is 28.9 Å². The first-order valence-corrected chi connectivity index (χ1v) is 11.3. The van der Waals surface area contributed by atoms with Gasteiger partial charge in [-0.15, -0.1) is 5.10 Å². The number of rotatable bonds is 8. The number of benzene rings is 2. The van der Waals surface area contributed by atoms with Crippen molar-refractivity contribution in [2.45, 2.75) is 18.6 Å². The van der Waals surface area contributed by atoms with Crippen LogP contribution in [0.4, 0.5) is 0 Å². The molecule has 154 valence electrons. The highest BCUT2D eigenvalue weighted by Gasteiger charge is 2.18. The van der Waals surface area contributed by atoms with Crippen LogP contribution in [0.25, 0.3) is 17.1 Å². The Morgan fingerprint density at radius 1 is 1.03 bits per heavy atom. The molecule has 0 radical (unpaired) electrons. The number of nitrogens with zero attached hydrogens (tertiary/aromatic N) is 6. The van der Waals surface area contributed by atoms with Gasteiger partial charge in [0, 0.05) is 17.0 Å². The van der Waals surface area contributed by atoms with Crippen molar-refractivity contribution in [2.75, 3.05) is 5.75 Å². The highest BCUT2D eigenvalue weighted by molar-refractivity contribution is 7.90. The van der Waals surface area contributed by atoms with Gasteiger partial charge in [-0.05, 0) is 53.2 Å². The molecular formula is C19H17ClN6O3S. The molecule has 0 N–H and O–H groups in total. The van der Waals surface area contributed by atoms with E-state index in [2.05, 4.69) is 25.7 Å². The summed E-state index contributed by atoms with van der Waals surface area (Å²) in [6.45, 7) is 0. The zero-order valence-electron chi connectivity index (χ0n) is 15.7. The minimum Gasteiger partial charge on any atom is -0.334 e. The summed E-state index contributed by atoms with van der Waals surface area (Å²) < 4.78 is 31.7. The molecule has 2 aromatic heterocycles. The molecule has 0 saturated heterocycles. The maximum absolute atomic E-state index is 12.5. The van der Waals surface area contributed by atoms with E-state index in [9.17, 15) is 8.42 Å². The summed E-state index contributed by atoms with van der Waals surface area (Å²) in [5, 5.41) is 16.0. The molecule has 4 rings (SSSR count). The number of aromatic nitrogens is 6. The Hall–Kier alpha value is -3.11. The highest BCUT2D eigenvalue weighted by Crippen LogP contribution is 2.20. The van der Waals surface area contributed by atoms with Crippen LogP contribution in [0.15, 0.2) is 59.1 Å². The summed E-state index contributed by atoms with van der Waals surface area (Å²) in [6.07, 6.45) is 0.792. The topological polar surface area (TPSA) is 117 Å². The van der Waals surface area contributed by atoms with Crippen molar-refractivity contribution in [3.05, 3.63) is 71.3 Å². The lowest BCUT2D eigenvalue weighted by Gasteiger charge is -2.04. The molecule has 0 aliphatic rings. The standard InChI is InChI=1S/C19H17ClN6O3S/c20-15-10-8-14(9-11-15)19-21-17(23-29-19)13-30(27,28)12-4-7-18-22-24-25-26(18)16-5-2-1-3-6-16/h1-3,5-6,8-11H,4,7,12-13H2. The fraction of sp³-hybridized carbons (Fsp3) is 0.211. The van der Waals surface area contributed by atoms with Crippen LogP contribution in [0.2, 0.25) is 5.02 Å². The number of halogens is 1. The van der Waals surface area contributed by atoms with Crippen LogP contribution < -0.4 is 0 Å². The van der Waals surface area contributed by atoms with Gasteiger partial charge in [-0.2, -0.15) is 9.67 Å². The molecule has 4 aromatic rings. The molecule has 0 spiro atoms. The van der Waals surface area contributed by atoms with E-state index >= 15 is 0 Å². The smallest absolute Gasteiger partial charge is 0.257 e. The van der Waals surface area contributed by atoms with Crippen molar-refractivity contribution in [3.63, 3.8) is 0 Å². The molecule has 0 fully saturated rings. The molecule has 11 heteroatoms. The lowest BCUT2D eigenvalue weighted by molar-refractivity contribution is 0.424. The highest BCUT2D eigenvalue weighted by atomic mass is 35.5. The quantitative estimate of drug-likeness (QED) is 0.407. The van der Waals surface area contributed by atoms with Gasteiger partial charge in [-0.3, -0.25) is 0 Å². The van der Waals surface area contributed by atoms with Crippen LogP contribution in [0.3, 0.4) is 0 Å². The molecule has 0 bridgehead atoms. The minimum atomic E-state index is -3.42. The molecule has 0 amide bonds. The van der Waals surface area contributed by atoms with Crippen molar-refractivity contribution in [2.24, 2.45) is 0 Å². The maximum atomic E-state index is 12.5. The van der Waals surface area contributed by atoms with E-state index in [4.69, 9.17) is 16.1 Å². The minimum absolute atomic E-state index is 0.0422. The van der Waals surface area contributed by atoms with Gasteiger partial charge in [-0.1, -0.05) is 35.0 Å². The monoisotopic (exact) mass is 444 g/mol. The molecule has 0 saturated carbocycles. The Bertz CT molecular complexity index is 1220. The summed E-state index contributed by atoms with van der Waals surface area (Å²) in [7, 11) is -3.42. The number of para-hydroxylation sites is 1. The van der Waals surface area contributed by atoms with Crippen LogP contribution in [-0.2, 0) is 22.0 Å². The van der Waals surface area contributed by atoms with Gasteiger partial charge in [0.25, 0.3) is 5.89 Å². The van der Waals surface area contributed by atoms with Crippen molar-refractivity contribution in [1.82, 2.24) is 30.3 Å². The molecule has 0 aliphatic carbocycles. The fourth-order valence-corrected chi connectivity index (χ4v) is 4.24. The van der Waals surface area contributed by atoms with Gasteiger partial charge < -0.3 is 4.52 Å². The summed E-state index contributed by atoms with van der Waals surface area (Å²) in [5.41, 5.74) is 1.49. The van der Waals surface area contributed by atoms with Gasteiger partial charge in [0.2, 0.25) is 0 Å². The molecule has 2 aromatic carbocycles. The largest absolute Gasteiger partial charge is 0.334 e. The zero-order chi connectivity index (χ0) is 21.0. The second kappa shape index (κ2) is 8.72. The lowest BCUT2D eigenvalue weighted by atomic mass is 10.2. The third-order valence-electron chi connectivity index (χ3n) is 4.30. The summed E-state index contributed by atoms with van der Waals surface area (Å²) in [4.78, 5) is 4.17. The van der Waals surface area contributed by atoms with E-state index in [-0.39, 0.29) is 23.2 Å². The third-order valence-corrected chi connectivity index (χ3v) is 6.16. The van der Waals surface area contributed by atoms with Crippen molar-refractivity contribution in [3.8, 4) is 17.1 Å². The van der Waals surface area contributed by atoms with Gasteiger partial charge in [-0.25, -0.2) is 8.42 Å². The van der Waals surface area contributed by atoms with Gasteiger partial charge in [0.15, 0.2) is 21.5 Å². The molecule has 2 heterocycles. The second-order valence-corrected chi connectivity index (χ2v) is 9.18. The van der Waals surface area contributed by atoms with Crippen LogP contribution in [0.5, 0.6) is 0 Å². The molecular weight excluding hydrogens is 428 g/mol. The Balaban J connectivity index is 1.36. The maximum Gasteiger partial charge on any atom is 0.257 e. The number of hydrogen-bond donors (Lipinski definition) is 0. The van der Waals surface area contributed by atoms with Crippen LogP contribution >= 0.6 is 11.6 Å². The molecule has 0 unspecified atom stereocenters. The van der Waals surface area contributed by atoms with Crippen LogP contribution in [0.1, 0.15) is 18.1 Å². The first-order chi connectivity index (χ1) is 14.5. The Kier molecular flexibility index (Phi) is 5.86. The molecule has 9 nitrogen and oxygen atoms in total. The number of hydrogen-bond acceptors (Lipinski definition) is 8. The molecule has 30 heavy (non-hydrogen) atoms. The average molecular weight is 445 g/mol. The summed E-state index contributed by atoms with van der Waals surface area (Å²) in [5.74, 6) is 0.627. The summed E-state index contributed by atoms with van der Waals surface area (Å²) in [6, 6.07) is 16.3. The molecule has 0 aliphatic heterocycles. The predicted molar refractivity (Wildman–Crippen MR) is 110 cm³/mol. The number of sulfone groups is 1. The SMILES string of the molecule is O=S(=O)(CCCc1nnnn1-c1ccccc1)Cc1noc(-c2ccc(Cl)cc2)n1. The van der Waals surface area contributed by atoms with Gasteiger partial charge >= 0.3 is 0 Å².